The maximum absolute atomic E-state index is 9.00. The molecule has 3 rings (SSSR count). The van der Waals surface area contributed by atoms with Crippen LogP contribution in [-0.2, 0) is 38.5 Å². The van der Waals surface area contributed by atoms with Crippen molar-refractivity contribution in [2.45, 2.75) is 85.0 Å². The fourth-order valence-corrected chi connectivity index (χ4v) is 4.78. The molecule has 1 heteroatoms. The Morgan fingerprint density at radius 2 is 1.00 bits per heavy atom. The van der Waals surface area contributed by atoms with Crippen molar-refractivity contribution in [2.75, 3.05) is 6.61 Å². The van der Waals surface area contributed by atoms with Crippen LogP contribution >= 0.6 is 0 Å². The SMILES string of the molecule is CCCc1ccc(CCc2ccc(-c3ccc(CCCCCO)cc3CC)c(CC)c2)cc1. The van der Waals surface area contributed by atoms with Gasteiger partial charge in [-0.25, -0.2) is 0 Å². The second-order valence-electron chi connectivity index (χ2n) is 9.29. The monoisotopic (exact) mass is 442 g/mol. The topological polar surface area (TPSA) is 20.2 Å². The van der Waals surface area contributed by atoms with Crippen molar-refractivity contribution in [2.24, 2.45) is 0 Å². The summed E-state index contributed by atoms with van der Waals surface area (Å²) in [5.74, 6) is 0. The van der Waals surface area contributed by atoms with Crippen LogP contribution < -0.4 is 0 Å². The molecule has 3 aromatic rings. The first-order valence-corrected chi connectivity index (χ1v) is 13.1. The Balaban J connectivity index is 1.72. The van der Waals surface area contributed by atoms with Crippen molar-refractivity contribution in [3.8, 4) is 11.1 Å². The number of aryl methyl sites for hydroxylation is 6. The van der Waals surface area contributed by atoms with Crippen molar-refractivity contribution in [1.29, 1.82) is 0 Å². The fourth-order valence-electron chi connectivity index (χ4n) is 4.78. The van der Waals surface area contributed by atoms with E-state index in [1.807, 2.05) is 0 Å². The molecule has 1 N–H and O–H groups in total. The minimum Gasteiger partial charge on any atom is -0.396 e. The van der Waals surface area contributed by atoms with E-state index in [-0.39, 0.29) is 0 Å². The van der Waals surface area contributed by atoms with Gasteiger partial charge in [-0.05, 0) is 95.9 Å². The van der Waals surface area contributed by atoms with Crippen LogP contribution in [0.25, 0.3) is 11.1 Å². The molecular weight excluding hydrogens is 400 g/mol. The molecule has 1 nitrogen and oxygen atoms in total. The summed E-state index contributed by atoms with van der Waals surface area (Å²) in [4.78, 5) is 0. The quantitative estimate of drug-likeness (QED) is 0.267. The smallest absolute Gasteiger partial charge is 0.0431 e. The number of aliphatic hydroxyl groups excluding tert-OH is 1. The van der Waals surface area contributed by atoms with Gasteiger partial charge in [0, 0.05) is 6.61 Å². The number of unbranched alkanes of at least 4 members (excludes halogenated alkanes) is 2. The maximum Gasteiger partial charge on any atom is 0.0431 e. The molecule has 0 bridgehead atoms. The molecule has 0 fully saturated rings. The van der Waals surface area contributed by atoms with Crippen molar-refractivity contribution >= 4 is 0 Å². The largest absolute Gasteiger partial charge is 0.396 e. The summed E-state index contributed by atoms with van der Waals surface area (Å²) in [5.41, 5.74) is 11.4. The van der Waals surface area contributed by atoms with E-state index in [0.29, 0.717) is 6.61 Å². The van der Waals surface area contributed by atoms with Crippen LogP contribution in [0.1, 0.15) is 79.8 Å². The fraction of sp³-hybridized carbons (Fsp3) is 0.438. The Morgan fingerprint density at radius 3 is 1.52 bits per heavy atom. The van der Waals surface area contributed by atoms with Gasteiger partial charge in [-0.15, -0.1) is 0 Å². The number of benzene rings is 3. The van der Waals surface area contributed by atoms with E-state index in [9.17, 15) is 0 Å². The number of rotatable bonds is 13. The average molecular weight is 443 g/mol. The molecule has 0 aliphatic heterocycles. The molecule has 0 unspecified atom stereocenters. The molecule has 3 aromatic carbocycles. The van der Waals surface area contributed by atoms with Crippen LogP contribution in [0.15, 0.2) is 60.7 Å². The second kappa shape index (κ2) is 13.4. The summed E-state index contributed by atoms with van der Waals surface area (Å²) in [6, 6.07) is 23.4. The van der Waals surface area contributed by atoms with Gasteiger partial charge in [0.2, 0.25) is 0 Å². The standard InChI is InChI=1S/C32H42O/c1-4-10-25-12-14-26(15-13-25)16-17-28-19-21-32(30(6-3)24-28)31-20-18-27(23-29(31)5-2)11-8-7-9-22-33/h12-15,18-21,23-24,33H,4-11,16-17,22H2,1-3H3. The summed E-state index contributed by atoms with van der Waals surface area (Å²) < 4.78 is 0. The molecule has 33 heavy (non-hydrogen) atoms. The van der Waals surface area contributed by atoms with Crippen molar-refractivity contribution in [1.82, 2.24) is 0 Å². The number of hydrogen-bond donors (Lipinski definition) is 1. The zero-order valence-corrected chi connectivity index (χ0v) is 21.0. The highest BCUT2D eigenvalue weighted by molar-refractivity contribution is 5.71. The second-order valence-corrected chi connectivity index (χ2v) is 9.29. The minimum atomic E-state index is 0.306. The molecule has 0 aliphatic carbocycles. The lowest BCUT2D eigenvalue weighted by Gasteiger charge is -2.16. The molecule has 0 saturated heterocycles. The van der Waals surface area contributed by atoms with Gasteiger partial charge >= 0.3 is 0 Å². The van der Waals surface area contributed by atoms with Crippen LogP contribution in [-0.4, -0.2) is 11.7 Å². The van der Waals surface area contributed by atoms with Gasteiger partial charge < -0.3 is 5.11 Å². The van der Waals surface area contributed by atoms with Crippen LogP contribution in [0.4, 0.5) is 0 Å². The summed E-state index contributed by atoms with van der Waals surface area (Å²) in [7, 11) is 0. The summed E-state index contributed by atoms with van der Waals surface area (Å²) in [6.45, 7) is 7.08. The molecular formula is C32H42O. The maximum atomic E-state index is 9.00. The van der Waals surface area contributed by atoms with Gasteiger partial charge in [0.1, 0.15) is 0 Å². The lowest BCUT2D eigenvalue weighted by Crippen LogP contribution is -1.98. The van der Waals surface area contributed by atoms with E-state index in [4.69, 9.17) is 5.11 Å². The third kappa shape index (κ3) is 7.30. The van der Waals surface area contributed by atoms with Gasteiger partial charge in [0.25, 0.3) is 0 Å². The van der Waals surface area contributed by atoms with E-state index in [1.165, 1.54) is 57.3 Å². The first-order chi connectivity index (χ1) is 16.2. The molecule has 0 amide bonds. The average Bonchev–Trinajstić information content (AvgIpc) is 2.86. The van der Waals surface area contributed by atoms with Gasteiger partial charge in [0.05, 0.1) is 0 Å². The van der Waals surface area contributed by atoms with Gasteiger partial charge in [-0.3, -0.25) is 0 Å². The highest BCUT2D eigenvalue weighted by Gasteiger charge is 2.10. The first-order valence-electron chi connectivity index (χ1n) is 13.1. The van der Waals surface area contributed by atoms with Crippen molar-refractivity contribution in [3.63, 3.8) is 0 Å². The molecule has 0 spiro atoms. The Hall–Kier alpha value is -2.38. The summed E-state index contributed by atoms with van der Waals surface area (Å²) >= 11 is 0. The van der Waals surface area contributed by atoms with E-state index in [1.54, 1.807) is 0 Å². The van der Waals surface area contributed by atoms with Crippen LogP contribution in [0.5, 0.6) is 0 Å². The van der Waals surface area contributed by atoms with E-state index in [0.717, 1.165) is 51.4 Å². The normalized spacial score (nSPS) is 11.2. The minimum absolute atomic E-state index is 0.306. The number of hydrogen-bond acceptors (Lipinski definition) is 1. The molecule has 0 saturated carbocycles. The van der Waals surface area contributed by atoms with Crippen LogP contribution in [0.3, 0.4) is 0 Å². The summed E-state index contributed by atoms with van der Waals surface area (Å²) in [5, 5.41) is 9.00. The third-order valence-electron chi connectivity index (χ3n) is 6.78. The molecule has 0 aromatic heterocycles. The van der Waals surface area contributed by atoms with Crippen molar-refractivity contribution in [3.05, 3.63) is 94.0 Å². The lowest BCUT2D eigenvalue weighted by atomic mass is 9.89. The summed E-state index contributed by atoms with van der Waals surface area (Å²) in [6.07, 6.45) is 10.9. The van der Waals surface area contributed by atoms with Crippen LogP contribution in [0, 0.1) is 0 Å². The highest BCUT2D eigenvalue weighted by atomic mass is 16.2. The molecule has 0 atom stereocenters. The lowest BCUT2D eigenvalue weighted by molar-refractivity contribution is 0.283. The Labute approximate surface area is 201 Å². The van der Waals surface area contributed by atoms with Crippen molar-refractivity contribution < 1.29 is 5.11 Å². The van der Waals surface area contributed by atoms with E-state index in [2.05, 4.69) is 81.4 Å². The highest BCUT2D eigenvalue weighted by Crippen LogP contribution is 2.30. The van der Waals surface area contributed by atoms with E-state index >= 15 is 0 Å². The number of aliphatic hydroxyl groups is 1. The zero-order chi connectivity index (χ0) is 23.5. The van der Waals surface area contributed by atoms with Gasteiger partial charge in [-0.1, -0.05) is 94.3 Å². The predicted octanol–water partition coefficient (Wildman–Crippen LogP) is 7.92. The van der Waals surface area contributed by atoms with E-state index < -0.39 is 0 Å². The molecule has 0 heterocycles. The van der Waals surface area contributed by atoms with Gasteiger partial charge in [-0.2, -0.15) is 0 Å². The Bertz CT molecular complexity index is 984. The Morgan fingerprint density at radius 1 is 0.515 bits per heavy atom. The zero-order valence-electron chi connectivity index (χ0n) is 21.0. The first kappa shape index (κ1) is 25.2. The molecule has 0 aliphatic rings. The molecule has 0 radical (unpaired) electrons. The predicted molar refractivity (Wildman–Crippen MR) is 143 cm³/mol. The van der Waals surface area contributed by atoms with Gasteiger partial charge in [0.15, 0.2) is 0 Å². The molecule has 176 valence electrons. The third-order valence-corrected chi connectivity index (χ3v) is 6.78. The Kier molecular flexibility index (Phi) is 10.2. The van der Waals surface area contributed by atoms with Crippen LogP contribution in [0.2, 0.25) is 0 Å².